The lowest BCUT2D eigenvalue weighted by atomic mass is 10.1. The first-order chi connectivity index (χ1) is 12.9. The zero-order valence-corrected chi connectivity index (χ0v) is 14.9. The van der Waals surface area contributed by atoms with Crippen molar-refractivity contribution in [3.05, 3.63) is 54.5 Å². The van der Waals surface area contributed by atoms with Crippen molar-refractivity contribution in [1.29, 1.82) is 0 Å². The molecule has 1 N–H and O–H groups in total. The van der Waals surface area contributed by atoms with Crippen LogP contribution in [0.25, 0.3) is 11.3 Å². The van der Waals surface area contributed by atoms with Gasteiger partial charge in [-0.3, -0.25) is 9.59 Å². The zero-order chi connectivity index (χ0) is 19.6. The van der Waals surface area contributed by atoms with E-state index in [-0.39, 0.29) is 30.0 Å². The van der Waals surface area contributed by atoms with Gasteiger partial charge < -0.3 is 14.8 Å². The Balaban J connectivity index is 1.66. The molecule has 0 saturated carbocycles. The monoisotopic (exact) mass is 374 g/mol. The molecule has 142 valence electrons. The molecule has 8 heteroatoms. The van der Waals surface area contributed by atoms with E-state index in [1.165, 1.54) is 24.1 Å². The minimum Gasteiger partial charge on any atom is -0.350 e. The molecule has 1 unspecified atom stereocenters. The standard InChI is InChI=1S/C19H20F2N4O2/c1-3-19(27)24(2)11-18(26)22-13-5-7-17-23-16(10-25(17)9-13)14-6-4-12(20)8-15(14)21/h3-4,6,8,10,13H,1,5,7,9,11H2,2H3,(H,22,26). The topological polar surface area (TPSA) is 67.2 Å². The number of imidazole rings is 1. The molecule has 6 nitrogen and oxygen atoms in total. The first kappa shape index (κ1) is 18.8. The summed E-state index contributed by atoms with van der Waals surface area (Å²) in [6.07, 6.45) is 4.17. The lowest BCUT2D eigenvalue weighted by molar-refractivity contribution is -0.131. The van der Waals surface area contributed by atoms with E-state index in [2.05, 4.69) is 16.9 Å². The van der Waals surface area contributed by atoms with Gasteiger partial charge in [-0.25, -0.2) is 13.8 Å². The third-order valence-corrected chi connectivity index (χ3v) is 4.50. The van der Waals surface area contributed by atoms with Crippen molar-refractivity contribution in [3.8, 4) is 11.3 Å². The van der Waals surface area contributed by atoms with E-state index in [0.717, 1.165) is 18.0 Å². The van der Waals surface area contributed by atoms with E-state index in [1.807, 2.05) is 4.57 Å². The van der Waals surface area contributed by atoms with Gasteiger partial charge in [0, 0.05) is 43.9 Å². The summed E-state index contributed by atoms with van der Waals surface area (Å²) >= 11 is 0. The number of aryl methyl sites for hydroxylation is 1. The predicted octanol–water partition coefficient (Wildman–Crippen LogP) is 1.90. The maximum Gasteiger partial charge on any atom is 0.246 e. The van der Waals surface area contributed by atoms with Gasteiger partial charge in [0.05, 0.1) is 12.2 Å². The van der Waals surface area contributed by atoms with Crippen LogP contribution in [0.3, 0.4) is 0 Å². The Morgan fingerprint density at radius 2 is 2.22 bits per heavy atom. The van der Waals surface area contributed by atoms with Crippen molar-refractivity contribution in [2.24, 2.45) is 0 Å². The number of likely N-dealkylation sites (N-methyl/N-ethyl adjacent to an activating group) is 1. The summed E-state index contributed by atoms with van der Waals surface area (Å²) in [6, 6.07) is 3.28. The number of halogens is 2. The van der Waals surface area contributed by atoms with Gasteiger partial charge in [0.1, 0.15) is 17.5 Å². The van der Waals surface area contributed by atoms with E-state index >= 15 is 0 Å². The molecule has 2 aromatic rings. The lowest BCUT2D eigenvalue weighted by Gasteiger charge is -2.25. The van der Waals surface area contributed by atoms with E-state index in [0.29, 0.717) is 25.1 Å². The largest absolute Gasteiger partial charge is 0.350 e. The highest BCUT2D eigenvalue weighted by Crippen LogP contribution is 2.25. The molecule has 1 aromatic heterocycles. The molecular formula is C19H20F2N4O2. The molecule has 2 amide bonds. The predicted molar refractivity (Wildman–Crippen MR) is 95.7 cm³/mol. The van der Waals surface area contributed by atoms with Crippen molar-refractivity contribution < 1.29 is 18.4 Å². The Morgan fingerprint density at radius 3 is 2.93 bits per heavy atom. The Morgan fingerprint density at radius 1 is 1.44 bits per heavy atom. The minimum atomic E-state index is -0.662. The van der Waals surface area contributed by atoms with Gasteiger partial charge in [0.2, 0.25) is 11.8 Å². The van der Waals surface area contributed by atoms with Crippen LogP contribution in [0.4, 0.5) is 8.78 Å². The highest BCUT2D eigenvalue weighted by Gasteiger charge is 2.23. The van der Waals surface area contributed by atoms with Crippen LogP contribution in [-0.4, -0.2) is 45.9 Å². The second-order valence-electron chi connectivity index (χ2n) is 6.52. The van der Waals surface area contributed by atoms with Gasteiger partial charge >= 0.3 is 0 Å². The highest BCUT2D eigenvalue weighted by atomic mass is 19.1. The van der Waals surface area contributed by atoms with Crippen molar-refractivity contribution in [2.75, 3.05) is 13.6 Å². The van der Waals surface area contributed by atoms with Crippen molar-refractivity contribution in [2.45, 2.75) is 25.4 Å². The molecule has 2 heterocycles. The smallest absolute Gasteiger partial charge is 0.246 e. The Kier molecular flexibility index (Phi) is 5.34. The number of hydrogen-bond donors (Lipinski definition) is 1. The molecule has 3 rings (SSSR count). The summed E-state index contributed by atoms with van der Waals surface area (Å²) < 4.78 is 28.9. The first-order valence-electron chi connectivity index (χ1n) is 8.55. The quantitative estimate of drug-likeness (QED) is 0.813. The number of hydrogen-bond acceptors (Lipinski definition) is 3. The molecule has 0 saturated heterocycles. The molecule has 1 atom stereocenters. The minimum absolute atomic E-state index is 0.0514. The van der Waals surface area contributed by atoms with Crippen LogP contribution in [0.5, 0.6) is 0 Å². The number of rotatable bonds is 5. The normalized spacial score (nSPS) is 15.7. The Bertz CT molecular complexity index is 894. The fraction of sp³-hybridized carbons (Fsp3) is 0.316. The average molecular weight is 374 g/mol. The molecule has 0 radical (unpaired) electrons. The summed E-state index contributed by atoms with van der Waals surface area (Å²) in [4.78, 5) is 29.3. The second kappa shape index (κ2) is 7.69. The van der Waals surface area contributed by atoms with Crippen LogP contribution >= 0.6 is 0 Å². The van der Waals surface area contributed by atoms with E-state index in [9.17, 15) is 18.4 Å². The van der Waals surface area contributed by atoms with Gasteiger partial charge in [-0.2, -0.15) is 0 Å². The molecule has 27 heavy (non-hydrogen) atoms. The van der Waals surface area contributed by atoms with Crippen molar-refractivity contribution in [1.82, 2.24) is 19.8 Å². The summed E-state index contributed by atoms with van der Waals surface area (Å²) in [6.45, 7) is 3.83. The van der Waals surface area contributed by atoms with Crippen LogP contribution in [0.2, 0.25) is 0 Å². The summed E-state index contributed by atoms with van der Waals surface area (Å²) in [5, 5.41) is 2.90. The van der Waals surface area contributed by atoms with Crippen LogP contribution in [0, 0.1) is 11.6 Å². The third-order valence-electron chi connectivity index (χ3n) is 4.50. The number of benzene rings is 1. The van der Waals surface area contributed by atoms with E-state index in [4.69, 9.17) is 0 Å². The first-order valence-corrected chi connectivity index (χ1v) is 8.55. The van der Waals surface area contributed by atoms with Gasteiger partial charge in [-0.05, 0) is 24.6 Å². The average Bonchev–Trinajstić information content (AvgIpc) is 3.03. The summed E-state index contributed by atoms with van der Waals surface area (Å²) in [7, 11) is 1.53. The second-order valence-corrected chi connectivity index (χ2v) is 6.52. The molecule has 0 bridgehead atoms. The number of nitrogens with zero attached hydrogens (tertiary/aromatic N) is 3. The number of fused-ring (bicyclic) bond motifs is 1. The molecule has 0 fully saturated rings. The number of aromatic nitrogens is 2. The number of carbonyl (C=O) groups excluding carboxylic acids is 2. The molecular weight excluding hydrogens is 354 g/mol. The van der Waals surface area contributed by atoms with Crippen LogP contribution in [0.1, 0.15) is 12.2 Å². The lowest BCUT2D eigenvalue weighted by Crippen LogP contribution is -2.45. The SMILES string of the molecule is C=CC(=O)N(C)CC(=O)NC1CCc2nc(-c3ccc(F)cc3F)cn2C1. The van der Waals surface area contributed by atoms with Gasteiger partial charge in [0.25, 0.3) is 0 Å². The third kappa shape index (κ3) is 4.21. The molecule has 0 aliphatic carbocycles. The number of carbonyl (C=O) groups is 2. The van der Waals surface area contributed by atoms with Crippen LogP contribution in [0.15, 0.2) is 37.1 Å². The van der Waals surface area contributed by atoms with Crippen LogP contribution < -0.4 is 5.32 Å². The highest BCUT2D eigenvalue weighted by molar-refractivity contribution is 5.90. The van der Waals surface area contributed by atoms with E-state index in [1.54, 1.807) is 6.20 Å². The van der Waals surface area contributed by atoms with Gasteiger partial charge in [-0.15, -0.1) is 0 Å². The summed E-state index contributed by atoms with van der Waals surface area (Å²) in [5.74, 6) is -1.09. The fourth-order valence-corrected chi connectivity index (χ4v) is 3.11. The van der Waals surface area contributed by atoms with E-state index < -0.39 is 11.6 Å². The van der Waals surface area contributed by atoms with Crippen molar-refractivity contribution in [3.63, 3.8) is 0 Å². The zero-order valence-electron chi connectivity index (χ0n) is 14.9. The van der Waals surface area contributed by atoms with Crippen molar-refractivity contribution >= 4 is 11.8 Å². The summed E-state index contributed by atoms with van der Waals surface area (Å²) in [5.41, 5.74) is 0.675. The molecule has 1 aliphatic heterocycles. The molecule has 1 aromatic carbocycles. The van der Waals surface area contributed by atoms with Crippen LogP contribution in [-0.2, 0) is 22.6 Å². The Labute approximate surface area is 155 Å². The Hall–Kier alpha value is -3.03. The maximum atomic E-state index is 14.0. The maximum absolute atomic E-state index is 14.0. The fourth-order valence-electron chi connectivity index (χ4n) is 3.11. The number of nitrogens with one attached hydrogen (secondary N) is 1. The van der Waals surface area contributed by atoms with Gasteiger partial charge in [-0.1, -0.05) is 6.58 Å². The number of amides is 2. The molecule has 0 spiro atoms. The van der Waals surface area contributed by atoms with Gasteiger partial charge in [0.15, 0.2) is 0 Å². The molecule has 1 aliphatic rings.